The molecule has 2 aliphatic rings. The number of aromatic nitrogens is 3. The molecule has 0 saturated carbocycles. The van der Waals surface area contributed by atoms with E-state index < -0.39 is 22.0 Å². The number of allylic oxidation sites excluding steroid dienone is 1. The molecule has 1 saturated heterocycles. The fourth-order valence-electron chi connectivity index (χ4n) is 6.51. The highest BCUT2D eigenvalue weighted by molar-refractivity contribution is 7.89. The third-order valence-electron chi connectivity index (χ3n) is 9.14. The van der Waals surface area contributed by atoms with Gasteiger partial charge in [-0.3, -0.25) is 9.36 Å². The van der Waals surface area contributed by atoms with E-state index in [1.54, 1.807) is 65.5 Å². The molecule has 11 nitrogen and oxygen atoms in total. The molecule has 0 radical (unpaired) electrons. The minimum Gasteiger partial charge on any atom is -0.497 e. The monoisotopic (exact) mass is 735 g/mol. The number of sulfonamides is 1. The molecule has 7 rings (SSSR count). The van der Waals surface area contributed by atoms with Gasteiger partial charge in [0.2, 0.25) is 10.0 Å². The normalized spacial score (nSPS) is 16.7. The maximum atomic E-state index is 14.4. The first kappa shape index (κ1) is 35.1. The lowest BCUT2D eigenvalue weighted by Crippen LogP contribution is -2.39. The van der Waals surface area contributed by atoms with Gasteiger partial charge < -0.3 is 9.47 Å². The van der Waals surface area contributed by atoms with E-state index in [9.17, 15) is 18.0 Å². The summed E-state index contributed by atoms with van der Waals surface area (Å²) in [6.45, 7) is 6.42. The highest BCUT2D eigenvalue weighted by atomic mass is 32.2. The van der Waals surface area contributed by atoms with Gasteiger partial charge in [0, 0.05) is 30.4 Å². The van der Waals surface area contributed by atoms with Gasteiger partial charge in [0.15, 0.2) is 4.80 Å². The lowest BCUT2D eigenvalue weighted by atomic mass is 9.96. The van der Waals surface area contributed by atoms with Crippen molar-refractivity contribution in [3.63, 3.8) is 0 Å². The van der Waals surface area contributed by atoms with Crippen molar-refractivity contribution in [2.24, 2.45) is 4.99 Å². The van der Waals surface area contributed by atoms with Gasteiger partial charge in [-0.05, 0) is 67.8 Å². The fourth-order valence-corrected chi connectivity index (χ4v) is 9.06. The van der Waals surface area contributed by atoms with E-state index in [4.69, 9.17) is 19.6 Å². The van der Waals surface area contributed by atoms with Gasteiger partial charge in [-0.25, -0.2) is 22.9 Å². The lowest BCUT2D eigenvalue weighted by Gasteiger charge is -2.25. The van der Waals surface area contributed by atoms with Crippen LogP contribution in [0.25, 0.3) is 23.0 Å². The van der Waals surface area contributed by atoms with Gasteiger partial charge in [-0.1, -0.05) is 72.9 Å². The van der Waals surface area contributed by atoms with Crippen molar-refractivity contribution in [3.05, 3.63) is 140 Å². The number of rotatable bonds is 10. The van der Waals surface area contributed by atoms with Gasteiger partial charge in [0.05, 0.1) is 45.2 Å². The van der Waals surface area contributed by atoms with Crippen molar-refractivity contribution in [2.75, 3.05) is 26.8 Å². The van der Waals surface area contributed by atoms with Crippen LogP contribution in [0.5, 0.6) is 5.75 Å². The molecule has 52 heavy (non-hydrogen) atoms. The smallest absolute Gasteiger partial charge is 0.338 e. The standard InChI is InChI=1S/C39H37N5O6S2/c1-4-23-50-38(46)34-26(2)40-39-44(36(34)28-13-17-31(49-3)18-14-28)37(45)33(51-39)24-29-25-43(30-11-7-5-8-12-30)41-35(29)27-15-19-32(20-16-27)52(47,48)42-21-9-6-10-22-42/h4-5,7-8,11-20,24-25,36H,1,6,9-10,21-23H2,2-3H3. The molecule has 0 spiro atoms. The van der Waals surface area contributed by atoms with E-state index in [2.05, 4.69) is 6.58 Å². The van der Waals surface area contributed by atoms with Gasteiger partial charge in [-0.15, -0.1) is 0 Å². The first-order valence-corrected chi connectivity index (χ1v) is 19.2. The molecule has 266 valence electrons. The zero-order valence-corrected chi connectivity index (χ0v) is 30.4. The van der Waals surface area contributed by atoms with Crippen molar-refractivity contribution in [3.8, 4) is 22.7 Å². The predicted molar refractivity (Wildman–Crippen MR) is 200 cm³/mol. The number of ether oxygens (including phenoxy) is 2. The number of thiazole rings is 1. The van der Waals surface area contributed by atoms with Crippen molar-refractivity contribution >= 4 is 33.4 Å². The van der Waals surface area contributed by atoms with Crippen LogP contribution in [0.15, 0.2) is 124 Å². The predicted octanol–water partition coefficient (Wildman–Crippen LogP) is 5.00. The van der Waals surface area contributed by atoms with E-state index in [1.807, 2.05) is 48.7 Å². The molecule has 1 unspecified atom stereocenters. The molecule has 13 heteroatoms. The van der Waals surface area contributed by atoms with Crippen LogP contribution in [0, 0.1) is 0 Å². The Labute approximate surface area is 305 Å². The second-order valence-corrected chi connectivity index (χ2v) is 15.4. The van der Waals surface area contributed by atoms with Crippen LogP contribution in [-0.2, 0) is 19.6 Å². The average Bonchev–Trinajstić information content (AvgIpc) is 3.74. The summed E-state index contributed by atoms with van der Waals surface area (Å²) in [5.74, 6) is 0.0427. The van der Waals surface area contributed by atoms with Gasteiger partial charge >= 0.3 is 5.97 Å². The zero-order chi connectivity index (χ0) is 36.4. The van der Waals surface area contributed by atoms with Crippen LogP contribution in [0.1, 0.15) is 43.4 Å². The Bertz CT molecular complexity index is 2460. The van der Waals surface area contributed by atoms with Crippen LogP contribution >= 0.6 is 11.3 Å². The van der Waals surface area contributed by atoms with Crippen LogP contribution in [0.2, 0.25) is 0 Å². The van der Waals surface area contributed by atoms with Crippen LogP contribution < -0.4 is 19.6 Å². The summed E-state index contributed by atoms with van der Waals surface area (Å²) in [7, 11) is -2.05. The summed E-state index contributed by atoms with van der Waals surface area (Å²) in [4.78, 5) is 33.2. The number of hydrogen-bond acceptors (Lipinski definition) is 9. The molecule has 2 aliphatic heterocycles. The number of hydrogen-bond donors (Lipinski definition) is 0. The molecule has 0 N–H and O–H groups in total. The number of piperidine rings is 1. The van der Waals surface area contributed by atoms with Crippen molar-refractivity contribution in [1.29, 1.82) is 0 Å². The summed E-state index contributed by atoms with van der Waals surface area (Å²) in [5.41, 5.74) is 3.75. The SMILES string of the molecule is C=CCOC(=O)C1=C(C)N=c2sc(=Cc3cn(-c4ccccc4)nc3-c3ccc(S(=O)(=O)N4CCCCC4)cc3)c(=O)n2C1c1ccc(OC)cc1. The lowest BCUT2D eigenvalue weighted by molar-refractivity contribution is -0.138. The summed E-state index contributed by atoms with van der Waals surface area (Å²) in [5, 5.41) is 4.90. The number of para-hydroxylation sites is 1. The highest BCUT2D eigenvalue weighted by Crippen LogP contribution is 2.32. The first-order chi connectivity index (χ1) is 25.2. The molecule has 0 bridgehead atoms. The van der Waals surface area contributed by atoms with E-state index in [0.717, 1.165) is 24.9 Å². The third-order valence-corrected chi connectivity index (χ3v) is 12.0. The van der Waals surface area contributed by atoms with E-state index in [0.29, 0.717) is 56.3 Å². The molecule has 4 heterocycles. The largest absolute Gasteiger partial charge is 0.497 e. The quantitative estimate of drug-likeness (QED) is 0.146. The van der Waals surface area contributed by atoms with E-state index in [-0.39, 0.29) is 22.6 Å². The van der Waals surface area contributed by atoms with Gasteiger partial charge in [0.1, 0.15) is 12.4 Å². The maximum absolute atomic E-state index is 14.4. The second kappa shape index (κ2) is 14.7. The number of esters is 1. The maximum Gasteiger partial charge on any atom is 0.338 e. The van der Waals surface area contributed by atoms with Crippen molar-refractivity contribution in [1.82, 2.24) is 18.7 Å². The molecule has 5 aromatic rings. The first-order valence-electron chi connectivity index (χ1n) is 16.9. The summed E-state index contributed by atoms with van der Waals surface area (Å²) in [6.07, 6.45) is 7.82. The van der Waals surface area contributed by atoms with Gasteiger partial charge in [-0.2, -0.15) is 9.40 Å². The third kappa shape index (κ3) is 6.70. The molecule has 2 aromatic heterocycles. The summed E-state index contributed by atoms with van der Waals surface area (Å²) in [6, 6.07) is 22.7. The van der Waals surface area contributed by atoms with Gasteiger partial charge in [0.25, 0.3) is 5.56 Å². The molecule has 1 atom stereocenters. The molecule has 0 amide bonds. The Morgan fingerprint density at radius 1 is 1.00 bits per heavy atom. The second-order valence-electron chi connectivity index (χ2n) is 12.4. The Kier molecular flexibility index (Phi) is 9.91. The fraction of sp³-hybridized carbons (Fsp3) is 0.231. The Morgan fingerprint density at radius 2 is 1.71 bits per heavy atom. The Morgan fingerprint density at radius 3 is 2.38 bits per heavy atom. The van der Waals surface area contributed by atoms with Crippen molar-refractivity contribution < 1.29 is 22.7 Å². The molecule has 3 aromatic carbocycles. The topological polar surface area (TPSA) is 125 Å². The molecular formula is C39H37N5O6S2. The Hall–Kier alpha value is -5.37. The summed E-state index contributed by atoms with van der Waals surface area (Å²) >= 11 is 1.21. The number of nitrogens with zero attached hydrogens (tertiary/aromatic N) is 5. The molecule has 0 aliphatic carbocycles. The van der Waals surface area contributed by atoms with Crippen LogP contribution in [0.4, 0.5) is 0 Å². The molecular weight excluding hydrogens is 699 g/mol. The number of benzene rings is 3. The molecule has 1 fully saturated rings. The minimum atomic E-state index is -3.62. The van der Waals surface area contributed by atoms with Crippen molar-refractivity contribution in [2.45, 2.75) is 37.1 Å². The number of fused-ring (bicyclic) bond motifs is 1. The Balaban J connectivity index is 1.35. The highest BCUT2D eigenvalue weighted by Gasteiger charge is 2.33. The van der Waals surface area contributed by atoms with E-state index in [1.165, 1.54) is 22.0 Å². The zero-order valence-electron chi connectivity index (χ0n) is 28.8. The summed E-state index contributed by atoms with van der Waals surface area (Å²) < 4.78 is 42.8. The average molecular weight is 736 g/mol. The minimum absolute atomic E-state index is 0.00864. The number of carbonyl (C=O) groups is 1. The van der Waals surface area contributed by atoms with Crippen LogP contribution in [0.3, 0.4) is 0 Å². The van der Waals surface area contributed by atoms with Crippen LogP contribution in [-0.4, -0.2) is 59.8 Å². The number of carbonyl (C=O) groups excluding carboxylic acids is 1. The van der Waals surface area contributed by atoms with E-state index >= 15 is 0 Å². The number of methoxy groups -OCH3 is 1.